The van der Waals surface area contributed by atoms with Gasteiger partial charge in [-0.05, 0) is 24.3 Å². The van der Waals surface area contributed by atoms with Gasteiger partial charge < -0.3 is 25.4 Å². The van der Waals surface area contributed by atoms with E-state index in [1.54, 1.807) is 36.4 Å². The molecule has 0 spiro atoms. The highest BCUT2D eigenvalue weighted by Gasteiger charge is 2.17. The second-order valence-corrected chi connectivity index (χ2v) is 5.43. The van der Waals surface area contributed by atoms with Crippen LogP contribution < -0.4 is 25.4 Å². The fourth-order valence-electron chi connectivity index (χ4n) is 2.14. The second-order valence-electron chi connectivity index (χ2n) is 5.02. The number of hydrogen-bond acceptors (Lipinski definition) is 4. The van der Waals surface area contributed by atoms with E-state index in [2.05, 4.69) is 16.0 Å². The van der Waals surface area contributed by atoms with E-state index in [-0.39, 0.29) is 12.7 Å². The lowest BCUT2D eigenvalue weighted by Crippen LogP contribution is -2.19. The summed E-state index contributed by atoms with van der Waals surface area (Å²) in [5.41, 5.74) is 1.62. The highest BCUT2D eigenvalue weighted by atomic mass is 35.5. The molecule has 1 aliphatic rings. The van der Waals surface area contributed by atoms with Crippen molar-refractivity contribution in [3.05, 3.63) is 41.4 Å². The normalized spacial score (nSPS) is 11.8. The summed E-state index contributed by atoms with van der Waals surface area (Å²) in [6.45, 7) is 1.55. The summed E-state index contributed by atoms with van der Waals surface area (Å²) in [6, 6.07) is 9.45. The van der Waals surface area contributed by atoms with Crippen molar-refractivity contribution in [2.45, 2.75) is 6.92 Å². The van der Waals surface area contributed by atoms with Gasteiger partial charge in [0, 0.05) is 30.4 Å². The zero-order chi connectivity index (χ0) is 17.1. The minimum Gasteiger partial charge on any atom is -0.454 e. The van der Waals surface area contributed by atoms with Crippen molar-refractivity contribution in [2.24, 2.45) is 0 Å². The molecule has 0 radical (unpaired) electrons. The Balaban J connectivity index is 1.64. The fourth-order valence-corrected chi connectivity index (χ4v) is 2.34. The van der Waals surface area contributed by atoms with Crippen LogP contribution in [0.3, 0.4) is 0 Å². The van der Waals surface area contributed by atoms with E-state index < -0.39 is 6.03 Å². The van der Waals surface area contributed by atoms with Gasteiger partial charge in [0.1, 0.15) is 0 Å². The standard InChI is InChI=1S/C16H14ClN3O4/c1-9(21)18-10-2-4-11(5-3-10)19-16(22)20-13-7-15-14(6-12(13)17)23-8-24-15/h2-7H,8H2,1H3,(H,18,21)(H2,19,20,22). The zero-order valence-electron chi connectivity index (χ0n) is 12.7. The van der Waals surface area contributed by atoms with Crippen molar-refractivity contribution >= 4 is 40.6 Å². The van der Waals surface area contributed by atoms with Crippen molar-refractivity contribution in [1.82, 2.24) is 0 Å². The first-order valence-electron chi connectivity index (χ1n) is 7.06. The van der Waals surface area contributed by atoms with Gasteiger partial charge in [-0.15, -0.1) is 0 Å². The van der Waals surface area contributed by atoms with Gasteiger partial charge in [-0.25, -0.2) is 4.79 Å². The van der Waals surface area contributed by atoms with Gasteiger partial charge in [-0.2, -0.15) is 0 Å². The van der Waals surface area contributed by atoms with Gasteiger partial charge in [0.05, 0.1) is 10.7 Å². The zero-order valence-corrected chi connectivity index (χ0v) is 13.4. The minimum atomic E-state index is -0.456. The first-order chi connectivity index (χ1) is 11.5. The lowest BCUT2D eigenvalue weighted by Gasteiger charge is -2.10. The number of carbonyl (C=O) groups excluding carboxylic acids is 2. The van der Waals surface area contributed by atoms with Gasteiger partial charge >= 0.3 is 6.03 Å². The quantitative estimate of drug-likeness (QED) is 0.790. The summed E-state index contributed by atoms with van der Waals surface area (Å²) in [4.78, 5) is 23.0. The summed E-state index contributed by atoms with van der Waals surface area (Å²) in [7, 11) is 0. The summed E-state index contributed by atoms with van der Waals surface area (Å²) in [5, 5.41) is 8.31. The van der Waals surface area contributed by atoms with E-state index in [0.717, 1.165) is 0 Å². The van der Waals surface area contributed by atoms with Crippen LogP contribution in [0.15, 0.2) is 36.4 Å². The highest BCUT2D eigenvalue weighted by Crippen LogP contribution is 2.39. The number of urea groups is 1. The Bertz CT molecular complexity index is 793. The largest absolute Gasteiger partial charge is 0.454 e. The highest BCUT2D eigenvalue weighted by molar-refractivity contribution is 6.34. The molecule has 0 saturated carbocycles. The molecule has 0 atom stereocenters. The Labute approximate surface area is 142 Å². The molecule has 2 aromatic carbocycles. The molecule has 0 aliphatic carbocycles. The number of ether oxygens (including phenoxy) is 2. The summed E-state index contributed by atoms with van der Waals surface area (Å²) in [6.07, 6.45) is 0. The Morgan fingerprint density at radius 3 is 2.17 bits per heavy atom. The number of nitrogens with one attached hydrogen (secondary N) is 3. The first-order valence-corrected chi connectivity index (χ1v) is 7.44. The maximum atomic E-state index is 12.1. The second kappa shape index (κ2) is 6.67. The molecule has 124 valence electrons. The number of amides is 3. The third kappa shape index (κ3) is 3.69. The third-order valence-corrected chi connectivity index (χ3v) is 3.49. The van der Waals surface area contributed by atoms with Gasteiger partial charge in [0.25, 0.3) is 0 Å². The molecule has 24 heavy (non-hydrogen) atoms. The molecular formula is C16H14ClN3O4. The molecule has 3 amide bonds. The maximum Gasteiger partial charge on any atom is 0.323 e. The topological polar surface area (TPSA) is 88.7 Å². The van der Waals surface area contributed by atoms with E-state index in [4.69, 9.17) is 21.1 Å². The molecule has 2 aromatic rings. The first kappa shape index (κ1) is 15.9. The maximum absolute atomic E-state index is 12.1. The predicted octanol–water partition coefficient (Wildman–Crippen LogP) is 3.67. The smallest absolute Gasteiger partial charge is 0.323 e. The van der Waals surface area contributed by atoms with Crippen LogP contribution in [0.5, 0.6) is 11.5 Å². The molecule has 1 aliphatic heterocycles. The number of halogens is 1. The SMILES string of the molecule is CC(=O)Nc1ccc(NC(=O)Nc2cc3c(cc2Cl)OCO3)cc1. The number of benzene rings is 2. The van der Waals surface area contributed by atoms with E-state index in [9.17, 15) is 9.59 Å². The summed E-state index contributed by atoms with van der Waals surface area (Å²) < 4.78 is 10.5. The number of carbonyl (C=O) groups is 2. The van der Waals surface area contributed by atoms with Crippen LogP contribution in [0.25, 0.3) is 0 Å². The van der Waals surface area contributed by atoms with Gasteiger partial charge in [-0.3, -0.25) is 4.79 Å². The average molecular weight is 348 g/mol. The van der Waals surface area contributed by atoms with E-state index in [0.29, 0.717) is 33.6 Å². The van der Waals surface area contributed by atoms with Crippen molar-refractivity contribution in [3.63, 3.8) is 0 Å². The molecule has 0 bridgehead atoms. The Morgan fingerprint density at radius 2 is 1.54 bits per heavy atom. The van der Waals surface area contributed by atoms with Crippen LogP contribution in [0.2, 0.25) is 5.02 Å². The van der Waals surface area contributed by atoms with Gasteiger partial charge in [0.15, 0.2) is 11.5 Å². The average Bonchev–Trinajstić information content (AvgIpc) is 2.96. The number of fused-ring (bicyclic) bond motifs is 1. The van der Waals surface area contributed by atoms with E-state index >= 15 is 0 Å². The monoisotopic (exact) mass is 347 g/mol. The van der Waals surface area contributed by atoms with Crippen molar-refractivity contribution < 1.29 is 19.1 Å². The van der Waals surface area contributed by atoms with Gasteiger partial charge in [0.2, 0.25) is 12.7 Å². The van der Waals surface area contributed by atoms with Crippen molar-refractivity contribution in [1.29, 1.82) is 0 Å². The van der Waals surface area contributed by atoms with Crippen LogP contribution in [0.4, 0.5) is 21.9 Å². The molecule has 1 heterocycles. The molecule has 3 N–H and O–H groups in total. The lowest BCUT2D eigenvalue weighted by atomic mass is 10.2. The Hall–Kier alpha value is -2.93. The van der Waals surface area contributed by atoms with Crippen LogP contribution in [0, 0.1) is 0 Å². The molecule has 3 rings (SSSR count). The molecule has 8 heteroatoms. The molecular weight excluding hydrogens is 334 g/mol. The van der Waals surface area contributed by atoms with Crippen molar-refractivity contribution in [2.75, 3.05) is 22.7 Å². The van der Waals surface area contributed by atoms with E-state index in [1.807, 2.05) is 0 Å². The molecule has 7 nitrogen and oxygen atoms in total. The Kier molecular flexibility index (Phi) is 4.43. The fraction of sp³-hybridized carbons (Fsp3) is 0.125. The van der Waals surface area contributed by atoms with E-state index in [1.165, 1.54) is 6.92 Å². The molecule has 0 aromatic heterocycles. The van der Waals surface area contributed by atoms with Crippen LogP contribution in [-0.2, 0) is 4.79 Å². The van der Waals surface area contributed by atoms with Crippen LogP contribution >= 0.6 is 11.6 Å². The molecule has 0 fully saturated rings. The predicted molar refractivity (Wildman–Crippen MR) is 91.0 cm³/mol. The number of anilines is 3. The van der Waals surface area contributed by atoms with Gasteiger partial charge in [-0.1, -0.05) is 11.6 Å². The lowest BCUT2D eigenvalue weighted by molar-refractivity contribution is -0.114. The van der Waals surface area contributed by atoms with Crippen LogP contribution in [0.1, 0.15) is 6.92 Å². The molecule has 0 unspecified atom stereocenters. The number of rotatable bonds is 3. The van der Waals surface area contributed by atoms with Crippen molar-refractivity contribution in [3.8, 4) is 11.5 Å². The minimum absolute atomic E-state index is 0.127. The Morgan fingerprint density at radius 1 is 0.958 bits per heavy atom. The van der Waals surface area contributed by atoms with Crippen LogP contribution in [-0.4, -0.2) is 18.7 Å². The summed E-state index contributed by atoms with van der Waals surface area (Å²) >= 11 is 6.11. The molecule has 0 saturated heterocycles. The third-order valence-electron chi connectivity index (χ3n) is 3.17. The summed E-state index contributed by atoms with van der Waals surface area (Å²) in [5.74, 6) is 0.903. The number of hydrogen-bond donors (Lipinski definition) is 3.